The molecule has 0 aromatic carbocycles. The topological polar surface area (TPSA) is 89.9 Å². The average Bonchev–Trinajstić information content (AvgIpc) is 2.14. The van der Waals surface area contributed by atoms with Crippen molar-refractivity contribution in [2.24, 2.45) is 5.92 Å². The van der Waals surface area contributed by atoms with Crippen LogP contribution in [0.1, 0.15) is 20.3 Å². The molecule has 0 radical (unpaired) electrons. The Hall–Kier alpha value is -1.14. The smallest absolute Gasteiger partial charge is 0.317 e. The van der Waals surface area contributed by atoms with Gasteiger partial charge in [-0.3, -0.25) is 14.5 Å². The van der Waals surface area contributed by atoms with Gasteiger partial charge in [-0.25, -0.2) is 0 Å². The third-order valence-electron chi connectivity index (χ3n) is 3.01. The fraction of sp³-hybridized carbons (Fsp3) is 0.818. The minimum absolute atomic E-state index is 0.0000463. The van der Waals surface area contributed by atoms with Gasteiger partial charge in [0.05, 0.1) is 12.6 Å². The van der Waals surface area contributed by atoms with Crippen LogP contribution in [0.25, 0.3) is 0 Å². The minimum atomic E-state index is -0.891. The van der Waals surface area contributed by atoms with Crippen LogP contribution in [0.5, 0.6) is 0 Å². The first kappa shape index (κ1) is 13.9. The lowest BCUT2D eigenvalue weighted by molar-refractivity contribution is -0.139. The Morgan fingerprint density at radius 2 is 2.12 bits per heavy atom. The number of likely N-dealkylation sites (tertiary alicyclic amines) is 1. The fourth-order valence-electron chi connectivity index (χ4n) is 2.29. The third-order valence-corrected chi connectivity index (χ3v) is 3.01. The van der Waals surface area contributed by atoms with Crippen molar-refractivity contribution in [3.8, 4) is 0 Å². The molecule has 98 valence electrons. The van der Waals surface area contributed by atoms with Crippen LogP contribution in [0.3, 0.4) is 0 Å². The minimum Gasteiger partial charge on any atom is -0.480 e. The Bertz CT molecular complexity index is 269. The van der Waals surface area contributed by atoms with Crippen molar-refractivity contribution in [3.05, 3.63) is 0 Å². The molecule has 1 rings (SSSR count). The van der Waals surface area contributed by atoms with E-state index in [1.54, 1.807) is 11.8 Å². The van der Waals surface area contributed by atoms with Crippen molar-refractivity contribution in [1.29, 1.82) is 0 Å². The second-order valence-corrected chi connectivity index (χ2v) is 4.72. The van der Waals surface area contributed by atoms with Crippen LogP contribution in [0.2, 0.25) is 0 Å². The molecule has 0 aliphatic carbocycles. The molecular weight excluding hydrogens is 224 g/mol. The molecule has 1 aliphatic heterocycles. The van der Waals surface area contributed by atoms with E-state index in [4.69, 9.17) is 5.11 Å². The SMILES string of the molecule is CC(=O)NC1CC(C(C)O)CN(CC(=O)O)C1. The van der Waals surface area contributed by atoms with E-state index in [1.807, 2.05) is 0 Å². The number of hydrogen-bond donors (Lipinski definition) is 3. The van der Waals surface area contributed by atoms with Gasteiger partial charge in [0.1, 0.15) is 0 Å². The van der Waals surface area contributed by atoms with Gasteiger partial charge in [0.25, 0.3) is 0 Å². The van der Waals surface area contributed by atoms with Crippen LogP contribution in [0, 0.1) is 5.92 Å². The predicted octanol–water partition coefficient (Wildman–Crippen LogP) is -0.722. The number of rotatable bonds is 4. The average molecular weight is 244 g/mol. The molecular formula is C11H20N2O4. The van der Waals surface area contributed by atoms with Gasteiger partial charge < -0.3 is 15.5 Å². The van der Waals surface area contributed by atoms with Gasteiger partial charge in [-0.05, 0) is 19.3 Å². The molecule has 3 unspecified atom stereocenters. The van der Waals surface area contributed by atoms with Gasteiger partial charge in [0, 0.05) is 26.1 Å². The number of carboxylic acid groups (broad SMARTS) is 1. The summed E-state index contributed by atoms with van der Waals surface area (Å²) < 4.78 is 0. The van der Waals surface area contributed by atoms with Crippen molar-refractivity contribution < 1.29 is 19.8 Å². The molecule has 0 aromatic rings. The van der Waals surface area contributed by atoms with Crippen LogP contribution in [-0.2, 0) is 9.59 Å². The molecule has 0 spiro atoms. The Balaban J connectivity index is 2.61. The summed E-state index contributed by atoms with van der Waals surface area (Å²) in [4.78, 5) is 23.4. The fourth-order valence-corrected chi connectivity index (χ4v) is 2.29. The van der Waals surface area contributed by atoms with E-state index in [0.29, 0.717) is 19.5 Å². The number of aliphatic hydroxyl groups is 1. The molecule has 17 heavy (non-hydrogen) atoms. The molecule has 3 N–H and O–H groups in total. The second-order valence-electron chi connectivity index (χ2n) is 4.72. The third kappa shape index (κ3) is 4.70. The zero-order valence-corrected chi connectivity index (χ0v) is 10.2. The predicted molar refractivity (Wildman–Crippen MR) is 61.5 cm³/mol. The van der Waals surface area contributed by atoms with E-state index in [1.165, 1.54) is 6.92 Å². The second kappa shape index (κ2) is 5.97. The van der Waals surface area contributed by atoms with Gasteiger partial charge >= 0.3 is 5.97 Å². The number of aliphatic hydroxyl groups excluding tert-OH is 1. The molecule has 6 nitrogen and oxygen atoms in total. The first-order chi connectivity index (χ1) is 7.88. The summed E-state index contributed by atoms with van der Waals surface area (Å²) in [5, 5.41) is 21.1. The summed E-state index contributed by atoms with van der Waals surface area (Å²) in [7, 11) is 0. The number of aliphatic carboxylic acids is 1. The van der Waals surface area contributed by atoms with Crippen molar-refractivity contribution in [1.82, 2.24) is 10.2 Å². The maximum Gasteiger partial charge on any atom is 0.317 e. The highest BCUT2D eigenvalue weighted by atomic mass is 16.4. The standard InChI is InChI=1S/C11H20N2O4/c1-7(14)9-3-10(12-8(2)15)5-13(4-9)6-11(16)17/h7,9-10,14H,3-6H2,1-2H3,(H,12,15)(H,16,17). The normalized spacial score (nSPS) is 27.5. The maximum absolute atomic E-state index is 11.0. The molecule has 1 fully saturated rings. The van der Waals surface area contributed by atoms with Crippen molar-refractivity contribution in [2.45, 2.75) is 32.4 Å². The summed E-state index contributed by atoms with van der Waals surface area (Å²) in [6.45, 7) is 4.15. The molecule has 0 saturated carbocycles. The number of carboxylic acids is 1. The highest BCUT2D eigenvalue weighted by molar-refractivity contribution is 5.73. The van der Waals surface area contributed by atoms with E-state index < -0.39 is 12.1 Å². The lowest BCUT2D eigenvalue weighted by Gasteiger charge is -2.38. The molecule has 1 saturated heterocycles. The van der Waals surface area contributed by atoms with Crippen LogP contribution >= 0.6 is 0 Å². The van der Waals surface area contributed by atoms with E-state index >= 15 is 0 Å². The van der Waals surface area contributed by atoms with E-state index in [-0.39, 0.29) is 24.4 Å². The lowest BCUT2D eigenvalue weighted by atomic mass is 9.90. The Morgan fingerprint density at radius 1 is 1.47 bits per heavy atom. The summed E-state index contributed by atoms with van der Waals surface area (Å²) in [5.41, 5.74) is 0. The van der Waals surface area contributed by atoms with Crippen LogP contribution < -0.4 is 5.32 Å². The zero-order chi connectivity index (χ0) is 13.0. The first-order valence-electron chi connectivity index (χ1n) is 5.77. The van der Waals surface area contributed by atoms with Gasteiger partial charge in [-0.1, -0.05) is 0 Å². The van der Waals surface area contributed by atoms with Crippen LogP contribution in [0.4, 0.5) is 0 Å². The van der Waals surface area contributed by atoms with E-state index in [2.05, 4.69) is 5.32 Å². The quantitative estimate of drug-likeness (QED) is 0.607. The van der Waals surface area contributed by atoms with Crippen LogP contribution in [-0.4, -0.2) is 58.8 Å². The summed E-state index contributed by atoms with van der Waals surface area (Å²) in [6, 6.07) is -0.0831. The number of carbonyl (C=O) groups is 2. The molecule has 1 amide bonds. The number of piperidine rings is 1. The number of carbonyl (C=O) groups excluding carboxylic acids is 1. The molecule has 1 aliphatic rings. The van der Waals surface area contributed by atoms with Crippen molar-refractivity contribution in [3.63, 3.8) is 0 Å². The summed E-state index contributed by atoms with van der Waals surface area (Å²) >= 11 is 0. The summed E-state index contributed by atoms with van der Waals surface area (Å²) in [6.07, 6.45) is 0.191. The van der Waals surface area contributed by atoms with Gasteiger partial charge in [-0.15, -0.1) is 0 Å². The van der Waals surface area contributed by atoms with Crippen LogP contribution in [0.15, 0.2) is 0 Å². The maximum atomic E-state index is 11.0. The number of amides is 1. The highest BCUT2D eigenvalue weighted by Gasteiger charge is 2.30. The zero-order valence-electron chi connectivity index (χ0n) is 10.2. The Morgan fingerprint density at radius 3 is 2.59 bits per heavy atom. The van der Waals surface area contributed by atoms with Crippen molar-refractivity contribution >= 4 is 11.9 Å². The molecule has 6 heteroatoms. The van der Waals surface area contributed by atoms with Gasteiger partial charge in [0.2, 0.25) is 5.91 Å². The monoisotopic (exact) mass is 244 g/mol. The first-order valence-corrected chi connectivity index (χ1v) is 5.77. The molecule has 1 heterocycles. The largest absolute Gasteiger partial charge is 0.480 e. The number of hydrogen-bond acceptors (Lipinski definition) is 4. The molecule has 3 atom stereocenters. The molecule has 0 bridgehead atoms. The Kier molecular flexibility index (Phi) is 4.89. The van der Waals surface area contributed by atoms with E-state index in [9.17, 15) is 14.7 Å². The molecule has 0 aromatic heterocycles. The highest BCUT2D eigenvalue weighted by Crippen LogP contribution is 2.20. The lowest BCUT2D eigenvalue weighted by Crippen LogP contribution is -2.53. The van der Waals surface area contributed by atoms with E-state index in [0.717, 1.165) is 0 Å². The Labute approximate surface area is 101 Å². The van der Waals surface area contributed by atoms with Gasteiger partial charge in [-0.2, -0.15) is 0 Å². The van der Waals surface area contributed by atoms with Crippen molar-refractivity contribution in [2.75, 3.05) is 19.6 Å². The number of nitrogens with one attached hydrogen (secondary N) is 1. The summed E-state index contributed by atoms with van der Waals surface area (Å²) in [5.74, 6) is -1.02. The van der Waals surface area contributed by atoms with Gasteiger partial charge in [0.15, 0.2) is 0 Å². The number of nitrogens with zero attached hydrogens (tertiary/aromatic N) is 1.